The molecular formula is C26H35N7O4. The van der Waals surface area contributed by atoms with Gasteiger partial charge in [-0.25, -0.2) is 15.0 Å². The number of aromatic nitrogens is 4. The fourth-order valence-corrected chi connectivity index (χ4v) is 5.03. The van der Waals surface area contributed by atoms with Crippen molar-refractivity contribution in [3.05, 3.63) is 48.5 Å². The molecular weight excluding hydrogens is 474 g/mol. The van der Waals surface area contributed by atoms with Crippen molar-refractivity contribution in [1.82, 2.24) is 29.7 Å². The third-order valence-electron chi connectivity index (χ3n) is 6.89. The van der Waals surface area contributed by atoms with Crippen LogP contribution >= 0.6 is 0 Å². The van der Waals surface area contributed by atoms with E-state index in [2.05, 4.69) is 39.0 Å². The number of Topliss-reactive ketones (excluding diaryl/α,β-unsaturated/α-hetero) is 1. The van der Waals surface area contributed by atoms with Gasteiger partial charge in [-0.1, -0.05) is 30.3 Å². The van der Waals surface area contributed by atoms with Gasteiger partial charge in [0.05, 0.1) is 12.9 Å². The van der Waals surface area contributed by atoms with Crippen LogP contribution in [0.2, 0.25) is 0 Å². The fourth-order valence-electron chi connectivity index (χ4n) is 5.03. The molecule has 2 saturated heterocycles. The molecule has 0 amide bonds. The van der Waals surface area contributed by atoms with Crippen LogP contribution < -0.4 is 11.1 Å². The first-order valence-electron chi connectivity index (χ1n) is 12.7. The van der Waals surface area contributed by atoms with Crippen molar-refractivity contribution in [2.45, 2.75) is 64.1 Å². The standard InChI is InChI=1S/C26H35N7O4/c1-16(2)32(11-10-28-12-18(34)17-8-6-5-7-9-17)13-19-21-22(37-26(3,4)36-21)25(35-19)33-15-31-20-23(27)29-14-30-24(20)33/h5-9,14-16,19,21-22,25,28H,10-13H2,1-4H3,(H2,27,29,30)/t19-,21-,22-,25-/m1/s1. The van der Waals surface area contributed by atoms with Gasteiger partial charge in [-0.2, -0.15) is 0 Å². The summed E-state index contributed by atoms with van der Waals surface area (Å²) in [5, 5.41) is 3.28. The largest absolute Gasteiger partial charge is 0.382 e. The molecule has 0 bridgehead atoms. The summed E-state index contributed by atoms with van der Waals surface area (Å²) in [7, 11) is 0. The highest BCUT2D eigenvalue weighted by Crippen LogP contribution is 2.44. The molecule has 0 aliphatic carbocycles. The van der Waals surface area contributed by atoms with Gasteiger partial charge in [-0.3, -0.25) is 14.3 Å². The second-order valence-electron chi connectivity index (χ2n) is 10.3. The average Bonchev–Trinajstić information content (AvgIpc) is 3.53. The first-order chi connectivity index (χ1) is 17.7. The van der Waals surface area contributed by atoms with Crippen LogP contribution in [-0.2, 0) is 14.2 Å². The Labute approximate surface area is 216 Å². The van der Waals surface area contributed by atoms with E-state index in [1.54, 1.807) is 6.33 Å². The SMILES string of the molecule is CC(C)N(CCNCC(=O)c1ccccc1)C[C@H]1O[C@@H](n2cnc3c(N)ncnc32)[C@@H]2OC(C)(C)O[C@@H]21. The van der Waals surface area contributed by atoms with Gasteiger partial charge in [0, 0.05) is 31.2 Å². The predicted molar refractivity (Wildman–Crippen MR) is 138 cm³/mol. The van der Waals surface area contributed by atoms with Gasteiger partial charge in [0.15, 0.2) is 29.3 Å². The van der Waals surface area contributed by atoms with E-state index < -0.39 is 12.0 Å². The van der Waals surface area contributed by atoms with Gasteiger partial charge < -0.3 is 25.3 Å². The van der Waals surface area contributed by atoms with Crippen molar-refractivity contribution in [2.75, 3.05) is 31.9 Å². The highest BCUT2D eigenvalue weighted by molar-refractivity contribution is 5.97. The minimum Gasteiger partial charge on any atom is -0.382 e. The number of nitrogen functional groups attached to an aromatic ring is 1. The number of carbonyl (C=O) groups is 1. The van der Waals surface area contributed by atoms with Gasteiger partial charge in [-0.05, 0) is 27.7 Å². The quantitative estimate of drug-likeness (QED) is 0.309. The Morgan fingerprint density at radius 3 is 2.68 bits per heavy atom. The number of carbonyl (C=O) groups excluding carboxylic acids is 1. The van der Waals surface area contributed by atoms with E-state index in [1.807, 2.05) is 48.7 Å². The molecule has 37 heavy (non-hydrogen) atoms. The number of benzene rings is 1. The molecule has 2 aromatic heterocycles. The van der Waals surface area contributed by atoms with Crippen molar-refractivity contribution < 1.29 is 19.0 Å². The Morgan fingerprint density at radius 2 is 1.92 bits per heavy atom. The molecule has 0 unspecified atom stereocenters. The molecule has 0 spiro atoms. The zero-order valence-corrected chi connectivity index (χ0v) is 21.7. The van der Waals surface area contributed by atoms with Crippen LogP contribution in [0.3, 0.4) is 0 Å². The number of anilines is 1. The summed E-state index contributed by atoms with van der Waals surface area (Å²) in [6.45, 7) is 10.5. The van der Waals surface area contributed by atoms with E-state index in [0.717, 1.165) is 6.54 Å². The Kier molecular flexibility index (Phi) is 7.24. The zero-order chi connectivity index (χ0) is 26.2. The van der Waals surface area contributed by atoms with Crippen molar-refractivity contribution >= 4 is 22.8 Å². The van der Waals surface area contributed by atoms with E-state index in [0.29, 0.717) is 42.2 Å². The molecule has 11 heteroatoms. The van der Waals surface area contributed by atoms with Crippen LogP contribution in [0.4, 0.5) is 5.82 Å². The number of rotatable bonds is 10. The fraction of sp³-hybridized carbons (Fsp3) is 0.538. The maximum Gasteiger partial charge on any atom is 0.176 e. The van der Waals surface area contributed by atoms with Gasteiger partial charge >= 0.3 is 0 Å². The van der Waals surface area contributed by atoms with Crippen LogP contribution in [0.15, 0.2) is 43.0 Å². The second kappa shape index (κ2) is 10.4. The molecule has 2 aliphatic rings. The van der Waals surface area contributed by atoms with Crippen molar-refractivity contribution in [2.24, 2.45) is 0 Å². The Hall–Kier alpha value is -2.96. The van der Waals surface area contributed by atoms with Crippen LogP contribution in [0.1, 0.15) is 44.3 Å². The molecule has 1 aromatic carbocycles. The van der Waals surface area contributed by atoms with Crippen LogP contribution in [0.5, 0.6) is 0 Å². The molecule has 3 N–H and O–H groups in total. The number of fused-ring (bicyclic) bond motifs is 2. The molecule has 2 aliphatic heterocycles. The first-order valence-corrected chi connectivity index (χ1v) is 12.7. The van der Waals surface area contributed by atoms with E-state index in [4.69, 9.17) is 19.9 Å². The van der Waals surface area contributed by atoms with E-state index in [1.165, 1.54) is 6.33 Å². The highest BCUT2D eigenvalue weighted by atomic mass is 16.8. The average molecular weight is 510 g/mol. The van der Waals surface area contributed by atoms with Crippen molar-refractivity contribution in [1.29, 1.82) is 0 Å². The monoisotopic (exact) mass is 509 g/mol. The number of hydrogen-bond donors (Lipinski definition) is 2. The van der Waals surface area contributed by atoms with Crippen molar-refractivity contribution in [3.8, 4) is 0 Å². The lowest BCUT2D eigenvalue weighted by Crippen LogP contribution is -2.45. The molecule has 4 heterocycles. The summed E-state index contributed by atoms with van der Waals surface area (Å²) in [5.41, 5.74) is 7.84. The third-order valence-corrected chi connectivity index (χ3v) is 6.89. The molecule has 11 nitrogen and oxygen atoms in total. The van der Waals surface area contributed by atoms with Gasteiger partial charge in [0.25, 0.3) is 0 Å². The summed E-state index contributed by atoms with van der Waals surface area (Å²) in [4.78, 5) is 27.5. The van der Waals surface area contributed by atoms with Gasteiger partial charge in [0.1, 0.15) is 30.2 Å². The maximum absolute atomic E-state index is 12.4. The molecule has 198 valence electrons. The lowest BCUT2D eigenvalue weighted by molar-refractivity contribution is -0.198. The molecule has 0 radical (unpaired) electrons. The molecule has 3 aromatic rings. The number of nitrogens with one attached hydrogen (secondary N) is 1. The summed E-state index contributed by atoms with van der Waals surface area (Å²) in [6.07, 6.45) is 1.80. The highest BCUT2D eigenvalue weighted by Gasteiger charge is 2.56. The molecule has 5 rings (SSSR count). The predicted octanol–water partition coefficient (Wildman–Crippen LogP) is 2.01. The van der Waals surface area contributed by atoms with E-state index in [-0.39, 0.29) is 30.1 Å². The van der Waals surface area contributed by atoms with E-state index >= 15 is 0 Å². The first kappa shape index (κ1) is 25.7. The minimum atomic E-state index is -0.734. The molecule has 2 fully saturated rings. The Morgan fingerprint density at radius 1 is 1.16 bits per heavy atom. The summed E-state index contributed by atoms with van der Waals surface area (Å²) in [5.74, 6) is -0.331. The van der Waals surface area contributed by atoms with Gasteiger partial charge in [0.2, 0.25) is 0 Å². The second-order valence-corrected chi connectivity index (χ2v) is 10.3. The van der Waals surface area contributed by atoms with E-state index in [9.17, 15) is 4.79 Å². The maximum atomic E-state index is 12.4. The zero-order valence-electron chi connectivity index (χ0n) is 21.7. The number of hydrogen-bond acceptors (Lipinski definition) is 10. The number of nitrogens with two attached hydrogens (primary N) is 1. The normalized spacial score (nSPS) is 24.8. The summed E-state index contributed by atoms with van der Waals surface area (Å²) < 4.78 is 21.0. The third kappa shape index (κ3) is 5.36. The number of ether oxygens (including phenoxy) is 3. The van der Waals surface area contributed by atoms with Crippen molar-refractivity contribution in [3.63, 3.8) is 0 Å². The smallest absolute Gasteiger partial charge is 0.176 e. The number of ketones is 1. The van der Waals surface area contributed by atoms with Crippen LogP contribution in [0.25, 0.3) is 11.2 Å². The molecule has 4 atom stereocenters. The number of nitrogens with zero attached hydrogens (tertiary/aromatic N) is 5. The lowest BCUT2D eigenvalue weighted by atomic mass is 10.1. The van der Waals surface area contributed by atoms with Crippen LogP contribution in [-0.4, -0.2) is 86.5 Å². The summed E-state index contributed by atoms with van der Waals surface area (Å²) >= 11 is 0. The minimum absolute atomic E-state index is 0.0808. The van der Waals surface area contributed by atoms with Gasteiger partial charge in [-0.15, -0.1) is 0 Å². The summed E-state index contributed by atoms with van der Waals surface area (Å²) in [6, 6.07) is 9.60. The molecule has 0 saturated carbocycles. The number of imidazole rings is 1. The Bertz CT molecular complexity index is 1230. The Balaban J connectivity index is 1.26. The topological polar surface area (TPSA) is 130 Å². The van der Waals surface area contributed by atoms with Crippen LogP contribution in [0, 0.1) is 0 Å². The lowest BCUT2D eigenvalue weighted by Gasteiger charge is -2.31.